The minimum atomic E-state index is -0.706. The molecule has 0 spiro atoms. The van der Waals surface area contributed by atoms with Crippen molar-refractivity contribution in [2.24, 2.45) is 5.92 Å². The summed E-state index contributed by atoms with van der Waals surface area (Å²) in [6.07, 6.45) is 4.42. The number of rotatable bonds is 3. The first-order valence-electron chi connectivity index (χ1n) is 5.58. The number of carbonyl (C=O) groups is 1. The van der Waals surface area contributed by atoms with Crippen molar-refractivity contribution >= 4 is 5.97 Å². The molecule has 1 aliphatic carbocycles. The molecular weight excluding hydrogens is 216 g/mol. The third-order valence-electron chi connectivity index (χ3n) is 3.16. The van der Waals surface area contributed by atoms with E-state index in [-0.39, 0.29) is 11.8 Å². The van der Waals surface area contributed by atoms with Crippen molar-refractivity contribution in [3.05, 3.63) is 48.3 Å². The van der Waals surface area contributed by atoms with Crippen LogP contribution in [0.15, 0.2) is 42.7 Å². The SMILES string of the molecule is O=C(O)[C@H]1C[C@@H]1c1cnn(-c2ccccc2)c1. The highest BCUT2D eigenvalue weighted by Gasteiger charge is 2.44. The van der Waals surface area contributed by atoms with Crippen molar-refractivity contribution in [2.45, 2.75) is 12.3 Å². The van der Waals surface area contributed by atoms with Gasteiger partial charge in [-0.15, -0.1) is 0 Å². The monoisotopic (exact) mass is 228 g/mol. The Labute approximate surface area is 98.5 Å². The molecule has 4 nitrogen and oxygen atoms in total. The van der Waals surface area contributed by atoms with Gasteiger partial charge in [-0.25, -0.2) is 4.68 Å². The molecule has 0 radical (unpaired) electrons. The van der Waals surface area contributed by atoms with Gasteiger partial charge in [0, 0.05) is 12.1 Å². The van der Waals surface area contributed by atoms with Crippen LogP contribution < -0.4 is 0 Å². The van der Waals surface area contributed by atoms with Gasteiger partial charge in [0.1, 0.15) is 0 Å². The molecule has 0 unspecified atom stereocenters. The molecule has 0 saturated heterocycles. The first-order chi connectivity index (χ1) is 8.25. The molecular formula is C13H12N2O2. The lowest BCUT2D eigenvalue weighted by atomic mass is 10.2. The largest absolute Gasteiger partial charge is 0.481 e. The zero-order valence-corrected chi connectivity index (χ0v) is 9.15. The van der Waals surface area contributed by atoms with Crippen LogP contribution in [-0.4, -0.2) is 20.9 Å². The van der Waals surface area contributed by atoms with Crippen LogP contribution in [-0.2, 0) is 4.79 Å². The van der Waals surface area contributed by atoms with Gasteiger partial charge in [0.25, 0.3) is 0 Å². The smallest absolute Gasteiger partial charge is 0.307 e. The van der Waals surface area contributed by atoms with E-state index < -0.39 is 5.97 Å². The third kappa shape index (κ3) is 1.82. The number of carboxylic acids is 1. The minimum absolute atomic E-state index is 0.143. The summed E-state index contributed by atoms with van der Waals surface area (Å²) in [5, 5.41) is 13.1. The van der Waals surface area contributed by atoms with Crippen LogP contribution in [0.2, 0.25) is 0 Å². The zero-order valence-electron chi connectivity index (χ0n) is 9.15. The molecule has 0 amide bonds. The predicted molar refractivity (Wildman–Crippen MR) is 62.0 cm³/mol. The Balaban J connectivity index is 1.83. The standard InChI is InChI=1S/C13H12N2O2/c16-13(17)12-6-11(12)9-7-14-15(8-9)10-4-2-1-3-5-10/h1-5,7-8,11-12H,6H2,(H,16,17)/t11-,12+/m1/s1. The van der Waals surface area contributed by atoms with Gasteiger partial charge in [0.05, 0.1) is 17.8 Å². The second-order valence-electron chi connectivity index (χ2n) is 4.34. The lowest BCUT2D eigenvalue weighted by Crippen LogP contribution is -1.98. The quantitative estimate of drug-likeness (QED) is 0.874. The molecule has 2 aromatic rings. The van der Waals surface area contributed by atoms with Gasteiger partial charge in [-0.2, -0.15) is 5.10 Å². The number of aliphatic carboxylic acids is 1. The molecule has 1 aliphatic rings. The van der Waals surface area contributed by atoms with E-state index in [1.54, 1.807) is 10.9 Å². The van der Waals surface area contributed by atoms with E-state index in [0.29, 0.717) is 0 Å². The molecule has 0 bridgehead atoms. The molecule has 1 aromatic carbocycles. The summed E-state index contributed by atoms with van der Waals surface area (Å²) in [4.78, 5) is 10.8. The maximum atomic E-state index is 10.8. The summed E-state index contributed by atoms with van der Waals surface area (Å²) >= 11 is 0. The van der Waals surface area contributed by atoms with Gasteiger partial charge in [-0.05, 0) is 24.1 Å². The van der Waals surface area contributed by atoms with Crippen molar-refractivity contribution < 1.29 is 9.90 Å². The molecule has 1 aromatic heterocycles. The summed E-state index contributed by atoms with van der Waals surface area (Å²) in [5.41, 5.74) is 2.01. The second-order valence-corrected chi connectivity index (χ2v) is 4.34. The molecule has 1 N–H and O–H groups in total. The molecule has 4 heteroatoms. The number of carboxylic acid groups (broad SMARTS) is 1. The number of aromatic nitrogens is 2. The Bertz CT molecular complexity index is 548. The Kier molecular flexibility index (Phi) is 2.21. The van der Waals surface area contributed by atoms with Crippen molar-refractivity contribution in [1.82, 2.24) is 9.78 Å². The average Bonchev–Trinajstić information content (AvgIpc) is 3.01. The summed E-state index contributed by atoms with van der Waals surface area (Å²) in [5.74, 6) is -0.782. The Morgan fingerprint density at radius 3 is 2.76 bits per heavy atom. The molecule has 17 heavy (non-hydrogen) atoms. The number of hydrogen-bond donors (Lipinski definition) is 1. The fourth-order valence-electron chi connectivity index (χ4n) is 2.09. The average molecular weight is 228 g/mol. The summed E-state index contributed by atoms with van der Waals surface area (Å²) in [6.45, 7) is 0. The van der Waals surface area contributed by atoms with Crippen LogP contribution in [0.5, 0.6) is 0 Å². The van der Waals surface area contributed by atoms with Crippen LogP contribution in [0.1, 0.15) is 17.9 Å². The van der Waals surface area contributed by atoms with Crippen molar-refractivity contribution in [3.8, 4) is 5.69 Å². The van der Waals surface area contributed by atoms with Crippen molar-refractivity contribution in [3.63, 3.8) is 0 Å². The van der Waals surface area contributed by atoms with Gasteiger partial charge in [0.2, 0.25) is 0 Å². The molecule has 2 atom stereocenters. The Morgan fingerprint density at radius 2 is 2.12 bits per heavy atom. The highest BCUT2D eigenvalue weighted by atomic mass is 16.4. The molecule has 86 valence electrons. The Morgan fingerprint density at radius 1 is 1.35 bits per heavy atom. The molecule has 1 heterocycles. The first kappa shape index (κ1) is 10.1. The maximum Gasteiger partial charge on any atom is 0.307 e. The van der Waals surface area contributed by atoms with E-state index in [1.165, 1.54) is 0 Å². The van der Waals surface area contributed by atoms with Gasteiger partial charge < -0.3 is 5.11 Å². The number of para-hydroxylation sites is 1. The molecule has 0 aliphatic heterocycles. The zero-order chi connectivity index (χ0) is 11.8. The van der Waals surface area contributed by atoms with E-state index in [0.717, 1.165) is 17.7 Å². The first-order valence-corrected chi connectivity index (χ1v) is 5.58. The fraction of sp³-hybridized carbons (Fsp3) is 0.231. The Hall–Kier alpha value is -2.10. The molecule has 1 fully saturated rings. The minimum Gasteiger partial charge on any atom is -0.481 e. The van der Waals surface area contributed by atoms with Gasteiger partial charge in [-0.3, -0.25) is 4.79 Å². The summed E-state index contributed by atoms with van der Waals surface area (Å²) in [7, 11) is 0. The highest BCUT2D eigenvalue weighted by molar-refractivity contribution is 5.75. The van der Waals surface area contributed by atoms with Crippen LogP contribution in [0.4, 0.5) is 0 Å². The third-order valence-corrected chi connectivity index (χ3v) is 3.16. The molecule has 1 saturated carbocycles. The fourth-order valence-corrected chi connectivity index (χ4v) is 2.09. The lowest BCUT2D eigenvalue weighted by molar-refractivity contribution is -0.138. The van der Waals surface area contributed by atoms with Crippen LogP contribution in [0, 0.1) is 5.92 Å². The number of nitrogens with zero attached hydrogens (tertiary/aromatic N) is 2. The highest BCUT2D eigenvalue weighted by Crippen LogP contribution is 2.47. The van der Waals surface area contributed by atoms with E-state index in [2.05, 4.69) is 5.10 Å². The van der Waals surface area contributed by atoms with E-state index >= 15 is 0 Å². The van der Waals surface area contributed by atoms with E-state index in [4.69, 9.17) is 5.11 Å². The normalized spacial score (nSPS) is 22.4. The van der Waals surface area contributed by atoms with Crippen molar-refractivity contribution in [1.29, 1.82) is 0 Å². The maximum absolute atomic E-state index is 10.8. The topological polar surface area (TPSA) is 55.1 Å². The van der Waals surface area contributed by atoms with Gasteiger partial charge in [0.15, 0.2) is 0 Å². The predicted octanol–water partition coefficient (Wildman–Crippen LogP) is 2.06. The van der Waals surface area contributed by atoms with Crippen LogP contribution in [0.25, 0.3) is 5.69 Å². The van der Waals surface area contributed by atoms with Crippen LogP contribution in [0.3, 0.4) is 0 Å². The molecule has 3 rings (SSSR count). The summed E-state index contributed by atoms with van der Waals surface area (Å²) in [6, 6.07) is 9.80. The summed E-state index contributed by atoms with van der Waals surface area (Å²) < 4.78 is 1.78. The van der Waals surface area contributed by atoms with Crippen molar-refractivity contribution in [2.75, 3.05) is 0 Å². The van der Waals surface area contributed by atoms with E-state index in [1.807, 2.05) is 36.5 Å². The lowest BCUT2D eigenvalue weighted by Gasteiger charge is -1.98. The second kappa shape index (κ2) is 3.73. The number of hydrogen-bond acceptors (Lipinski definition) is 2. The van der Waals surface area contributed by atoms with Gasteiger partial charge >= 0.3 is 5.97 Å². The number of benzene rings is 1. The van der Waals surface area contributed by atoms with Gasteiger partial charge in [-0.1, -0.05) is 18.2 Å². The van der Waals surface area contributed by atoms with Crippen LogP contribution >= 0.6 is 0 Å². The van der Waals surface area contributed by atoms with E-state index in [9.17, 15) is 4.79 Å².